The van der Waals surface area contributed by atoms with E-state index >= 15 is 0 Å². The predicted octanol–water partition coefficient (Wildman–Crippen LogP) is 1.74. The number of anilines is 1. The third kappa shape index (κ3) is 3.06. The molecule has 4 nitrogen and oxygen atoms in total. The molecule has 0 radical (unpaired) electrons. The van der Waals surface area contributed by atoms with Gasteiger partial charge in [0.25, 0.3) is 0 Å². The Bertz CT molecular complexity index is 558. The summed E-state index contributed by atoms with van der Waals surface area (Å²) in [5.41, 5.74) is 6.14. The number of benzene rings is 1. The van der Waals surface area contributed by atoms with Crippen molar-refractivity contribution < 1.29 is 13.6 Å². The Balaban J connectivity index is 1.60. The van der Waals surface area contributed by atoms with Crippen LogP contribution in [0.4, 0.5) is 14.5 Å². The van der Waals surface area contributed by atoms with Crippen molar-refractivity contribution >= 4 is 11.6 Å². The molecule has 3 rings (SSSR count). The Morgan fingerprint density at radius 2 is 1.86 bits per heavy atom. The fourth-order valence-corrected chi connectivity index (χ4v) is 3.39. The lowest BCUT2D eigenvalue weighted by molar-refractivity contribution is -0.135. The highest BCUT2D eigenvalue weighted by Crippen LogP contribution is 2.27. The van der Waals surface area contributed by atoms with E-state index in [2.05, 4.69) is 0 Å². The number of rotatable bonds is 2. The Hall–Kier alpha value is -1.69. The van der Waals surface area contributed by atoms with Crippen LogP contribution in [0.25, 0.3) is 0 Å². The molecular formula is C16H21F2N3O. The minimum Gasteiger partial charge on any atom is -0.366 e. The smallest absolute Gasteiger partial charge is 0.225 e. The monoisotopic (exact) mass is 309 g/mol. The second-order valence-corrected chi connectivity index (χ2v) is 6.18. The number of halogens is 2. The first-order valence-electron chi connectivity index (χ1n) is 7.79. The van der Waals surface area contributed by atoms with E-state index in [4.69, 9.17) is 5.73 Å². The first-order chi connectivity index (χ1) is 10.5. The summed E-state index contributed by atoms with van der Waals surface area (Å²) in [4.78, 5) is 16.1. The van der Waals surface area contributed by atoms with Crippen LogP contribution in [0.5, 0.6) is 0 Å². The third-order valence-electron chi connectivity index (χ3n) is 4.66. The molecule has 2 fully saturated rings. The highest BCUT2D eigenvalue weighted by Gasteiger charge is 2.32. The number of hydrogen-bond donors (Lipinski definition) is 1. The third-order valence-corrected chi connectivity index (χ3v) is 4.66. The second kappa shape index (κ2) is 6.20. The Labute approximate surface area is 128 Å². The van der Waals surface area contributed by atoms with Crippen LogP contribution in [0.2, 0.25) is 0 Å². The predicted molar refractivity (Wildman–Crippen MR) is 80.5 cm³/mol. The standard InChI is InChI=1S/C16H21F2N3O/c17-12-2-4-14(18)15(10-12)20-5-7-21(8-6-20)16(22)11-1-3-13(19)9-11/h2,4,10-11,13H,1,3,5-9,19H2/t11-,13+/m0/s1. The van der Waals surface area contributed by atoms with Crippen LogP contribution in [0.15, 0.2) is 18.2 Å². The summed E-state index contributed by atoms with van der Waals surface area (Å²) in [6.07, 6.45) is 2.53. The summed E-state index contributed by atoms with van der Waals surface area (Å²) in [6.45, 7) is 2.12. The van der Waals surface area contributed by atoms with Gasteiger partial charge in [0.05, 0.1) is 5.69 Å². The van der Waals surface area contributed by atoms with E-state index in [-0.39, 0.29) is 23.6 Å². The first kappa shape index (κ1) is 15.2. The van der Waals surface area contributed by atoms with Crippen molar-refractivity contribution in [1.82, 2.24) is 4.90 Å². The highest BCUT2D eigenvalue weighted by molar-refractivity contribution is 5.79. The van der Waals surface area contributed by atoms with E-state index in [9.17, 15) is 13.6 Å². The molecule has 2 aliphatic rings. The molecule has 2 atom stereocenters. The van der Waals surface area contributed by atoms with E-state index < -0.39 is 11.6 Å². The van der Waals surface area contributed by atoms with E-state index in [0.29, 0.717) is 26.2 Å². The van der Waals surface area contributed by atoms with Crippen LogP contribution in [-0.2, 0) is 4.79 Å². The average molecular weight is 309 g/mol. The van der Waals surface area contributed by atoms with Gasteiger partial charge < -0.3 is 15.5 Å². The van der Waals surface area contributed by atoms with Crippen LogP contribution in [-0.4, -0.2) is 43.0 Å². The molecule has 0 spiro atoms. The zero-order valence-corrected chi connectivity index (χ0v) is 12.5. The second-order valence-electron chi connectivity index (χ2n) is 6.18. The molecule has 22 heavy (non-hydrogen) atoms. The highest BCUT2D eigenvalue weighted by atomic mass is 19.1. The van der Waals surface area contributed by atoms with Gasteiger partial charge >= 0.3 is 0 Å². The molecule has 1 saturated heterocycles. The Kier molecular flexibility index (Phi) is 4.29. The van der Waals surface area contributed by atoms with Gasteiger partial charge in [-0.1, -0.05) is 0 Å². The maximum atomic E-state index is 13.8. The summed E-state index contributed by atoms with van der Waals surface area (Å²) < 4.78 is 27.1. The SMILES string of the molecule is N[C@@H]1CC[C@H](C(=O)N2CCN(c3cc(F)ccc3F)CC2)C1. The van der Waals surface area contributed by atoms with Gasteiger partial charge in [0, 0.05) is 44.2 Å². The van der Waals surface area contributed by atoms with Crippen molar-refractivity contribution in [1.29, 1.82) is 0 Å². The van der Waals surface area contributed by atoms with Crippen molar-refractivity contribution in [3.8, 4) is 0 Å². The molecule has 1 heterocycles. The van der Waals surface area contributed by atoms with Gasteiger partial charge in [0.15, 0.2) is 0 Å². The lowest BCUT2D eigenvalue weighted by Crippen LogP contribution is -2.50. The Morgan fingerprint density at radius 1 is 1.14 bits per heavy atom. The van der Waals surface area contributed by atoms with Crippen LogP contribution < -0.4 is 10.6 Å². The number of nitrogens with zero attached hydrogens (tertiary/aromatic N) is 2. The lowest BCUT2D eigenvalue weighted by Gasteiger charge is -2.37. The van der Waals surface area contributed by atoms with Gasteiger partial charge in [-0.15, -0.1) is 0 Å². The molecular weight excluding hydrogens is 288 g/mol. The Morgan fingerprint density at radius 3 is 2.50 bits per heavy atom. The molecule has 120 valence electrons. The van der Waals surface area contributed by atoms with E-state index in [1.165, 1.54) is 6.07 Å². The summed E-state index contributed by atoms with van der Waals surface area (Å²) in [7, 11) is 0. The number of nitrogens with two attached hydrogens (primary N) is 1. The normalized spacial score (nSPS) is 25.6. The molecule has 6 heteroatoms. The summed E-state index contributed by atoms with van der Waals surface area (Å²) in [6, 6.07) is 3.60. The van der Waals surface area contributed by atoms with Crippen LogP contribution in [0.3, 0.4) is 0 Å². The summed E-state index contributed by atoms with van der Waals surface area (Å²) in [5, 5.41) is 0. The lowest BCUT2D eigenvalue weighted by atomic mass is 10.1. The number of carbonyl (C=O) groups is 1. The van der Waals surface area contributed by atoms with Gasteiger partial charge in [-0.2, -0.15) is 0 Å². The molecule has 1 aliphatic heterocycles. The van der Waals surface area contributed by atoms with Crippen molar-refractivity contribution in [2.75, 3.05) is 31.1 Å². The van der Waals surface area contributed by atoms with Crippen LogP contribution >= 0.6 is 0 Å². The molecule has 1 aromatic rings. The summed E-state index contributed by atoms with van der Waals surface area (Å²) >= 11 is 0. The van der Waals surface area contributed by atoms with Gasteiger partial charge in [0.2, 0.25) is 5.91 Å². The molecule has 0 unspecified atom stereocenters. The van der Waals surface area contributed by atoms with Gasteiger partial charge in [-0.3, -0.25) is 4.79 Å². The quantitative estimate of drug-likeness (QED) is 0.905. The van der Waals surface area contributed by atoms with Gasteiger partial charge in [-0.25, -0.2) is 8.78 Å². The molecule has 1 aromatic carbocycles. The van der Waals surface area contributed by atoms with Crippen molar-refractivity contribution in [2.45, 2.75) is 25.3 Å². The van der Waals surface area contributed by atoms with Gasteiger partial charge in [-0.05, 0) is 31.4 Å². The average Bonchev–Trinajstić information content (AvgIpc) is 2.96. The minimum absolute atomic E-state index is 0.0347. The van der Waals surface area contributed by atoms with E-state index in [1.54, 1.807) is 4.90 Å². The van der Waals surface area contributed by atoms with Crippen LogP contribution in [0.1, 0.15) is 19.3 Å². The number of amides is 1. The number of piperazine rings is 1. The van der Waals surface area contributed by atoms with E-state index in [1.807, 2.05) is 4.90 Å². The fraction of sp³-hybridized carbons (Fsp3) is 0.562. The largest absolute Gasteiger partial charge is 0.366 e. The fourth-order valence-electron chi connectivity index (χ4n) is 3.39. The molecule has 1 aliphatic carbocycles. The van der Waals surface area contributed by atoms with Crippen molar-refractivity contribution in [3.63, 3.8) is 0 Å². The van der Waals surface area contributed by atoms with Crippen molar-refractivity contribution in [3.05, 3.63) is 29.8 Å². The topological polar surface area (TPSA) is 49.6 Å². The molecule has 0 aromatic heterocycles. The maximum absolute atomic E-state index is 13.8. The summed E-state index contributed by atoms with van der Waals surface area (Å²) in [5.74, 6) is -0.683. The van der Waals surface area contributed by atoms with Crippen molar-refractivity contribution in [2.24, 2.45) is 11.7 Å². The van der Waals surface area contributed by atoms with Gasteiger partial charge in [0.1, 0.15) is 11.6 Å². The molecule has 0 bridgehead atoms. The molecule has 1 amide bonds. The zero-order chi connectivity index (χ0) is 15.7. The first-order valence-corrected chi connectivity index (χ1v) is 7.79. The molecule has 1 saturated carbocycles. The van der Waals surface area contributed by atoms with Crippen LogP contribution in [0, 0.1) is 17.6 Å². The number of hydrogen-bond acceptors (Lipinski definition) is 3. The molecule has 2 N–H and O–H groups in total. The zero-order valence-electron chi connectivity index (χ0n) is 12.5. The minimum atomic E-state index is -0.449. The van der Waals surface area contributed by atoms with E-state index in [0.717, 1.165) is 31.4 Å². The maximum Gasteiger partial charge on any atom is 0.225 e. The number of carbonyl (C=O) groups excluding carboxylic acids is 1.